The van der Waals surface area contributed by atoms with Crippen LogP contribution in [0.15, 0.2) is 18.2 Å². The monoisotopic (exact) mass is 271 g/mol. The summed E-state index contributed by atoms with van der Waals surface area (Å²) in [6, 6.07) is 6.15. The van der Waals surface area contributed by atoms with E-state index in [9.17, 15) is 0 Å². The van der Waals surface area contributed by atoms with E-state index in [4.69, 9.17) is 21.4 Å². The number of aliphatic hydroxyl groups excluding tert-OH is 1. The Bertz CT molecular complexity index is 369. The fourth-order valence-electron chi connectivity index (χ4n) is 1.45. The van der Waals surface area contributed by atoms with Gasteiger partial charge in [0.05, 0.1) is 11.6 Å². The lowest BCUT2D eigenvalue weighted by Gasteiger charge is -2.16. The van der Waals surface area contributed by atoms with Gasteiger partial charge in [-0.15, -0.1) is 0 Å². The molecule has 18 heavy (non-hydrogen) atoms. The van der Waals surface area contributed by atoms with Crippen molar-refractivity contribution in [1.82, 2.24) is 5.32 Å². The minimum atomic E-state index is 0.104. The van der Waals surface area contributed by atoms with Crippen LogP contribution in [-0.2, 0) is 6.54 Å². The van der Waals surface area contributed by atoms with Crippen molar-refractivity contribution < 1.29 is 9.84 Å². The maximum atomic E-state index is 9.00. The number of rotatable bonds is 7. The summed E-state index contributed by atoms with van der Waals surface area (Å²) in [6.07, 6.45) is 0. The van der Waals surface area contributed by atoms with Crippen LogP contribution in [0.3, 0.4) is 0 Å². The highest BCUT2D eigenvalue weighted by Crippen LogP contribution is 2.29. The second-order valence-corrected chi connectivity index (χ2v) is 5.27. The Labute approximate surface area is 114 Å². The van der Waals surface area contributed by atoms with Gasteiger partial charge in [0.1, 0.15) is 5.75 Å². The summed E-state index contributed by atoms with van der Waals surface area (Å²) < 4.78 is 5.72. The molecule has 1 rings (SSSR count). The normalized spacial score (nSPS) is 12.8. The summed E-state index contributed by atoms with van der Waals surface area (Å²) in [5, 5.41) is 13.0. The van der Waals surface area contributed by atoms with E-state index in [0.717, 1.165) is 12.1 Å². The third-order valence-electron chi connectivity index (χ3n) is 2.57. The van der Waals surface area contributed by atoms with Crippen LogP contribution in [-0.4, -0.2) is 24.4 Å². The molecule has 0 bridgehead atoms. The van der Waals surface area contributed by atoms with Gasteiger partial charge in [-0.1, -0.05) is 44.5 Å². The molecule has 0 aliphatic carbocycles. The molecule has 1 aromatic carbocycles. The van der Waals surface area contributed by atoms with Crippen molar-refractivity contribution in [2.24, 2.45) is 5.92 Å². The van der Waals surface area contributed by atoms with Gasteiger partial charge in [0.15, 0.2) is 0 Å². The summed E-state index contributed by atoms with van der Waals surface area (Å²) in [5.74, 6) is 0.819. The molecule has 0 radical (unpaired) electrons. The quantitative estimate of drug-likeness (QED) is 0.801. The minimum Gasteiger partial charge on any atom is -0.491 e. The zero-order valence-electron chi connectivity index (χ0n) is 11.2. The number of ether oxygens (including phenoxy) is 1. The Hall–Kier alpha value is -0.770. The highest BCUT2D eigenvalue weighted by molar-refractivity contribution is 6.32. The molecule has 1 aromatic rings. The average Bonchev–Trinajstić information content (AvgIpc) is 2.34. The predicted octanol–water partition coefficient (Wildman–Crippen LogP) is 2.85. The molecule has 0 amide bonds. The summed E-state index contributed by atoms with van der Waals surface area (Å²) in [6.45, 7) is 7.43. The molecule has 0 saturated heterocycles. The number of halogens is 1. The number of para-hydroxylation sites is 1. The molecule has 0 heterocycles. The highest BCUT2D eigenvalue weighted by atomic mass is 35.5. The summed E-state index contributed by atoms with van der Waals surface area (Å²) in [7, 11) is 0. The van der Waals surface area contributed by atoms with Crippen LogP contribution in [0.2, 0.25) is 5.02 Å². The number of benzene rings is 1. The SMILES string of the molecule is CC(CO)COc1c(Cl)cccc1CNC(C)C. The van der Waals surface area contributed by atoms with Crippen molar-refractivity contribution in [3.05, 3.63) is 28.8 Å². The summed E-state index contributed by atoms with van der Waals surface area (Å²) in [4.78, 5) is 0. The molecule has 2 N–H and O–H groups in total. The molecule has 3 nitrogen and oxygen atoms in total. The van der Waals surface area contributed by atoms with Crippen LogP contribution in [0.25, 0.3) is 0 Å². The fourth-order valence-corrected chi connectivity index (χ4v) is 1.70. The first kappa shape index (κ1) is 15.3. The van der Waals surface area contributed by atoms with E-state index >= 15 is 0 Å². The van der Waals surface area contributed by atoms with Crippen LogP contribution in [0.1, 0.15) is 26.3 Å². The van der Waals surface area contributed by atoms with E-state index in [0.29, 0.717) is 23.4 Å². The van der Waals surface area contributed by atoms with E-state index in [-0.39, 0.29) is 12.5 Å². The second-order valence-electron chi connectivity index (χ2n) is 4.86. The van der Waals surface area contributed by atoms with Crippen LogP contribution in [0, 0.1) is 5.92 Å². The fraction of sp³-hybridized carbons (Fsp3) is 0.571. The third kappa shape index (κ3) is 4.84. The first-order valence-corrected chi connectivity index (χ1v) is 6.66. The van der Waals surface area contributed by atoms with Crippen molar-refractivity contribution in [3.63, 3.8) is 0 Å². The van der Waals surface area contributed by atoms with E-state index in [1.807, 2.05) is 25.1 Å². The van der Waals surface area contributed by atoms with Gasteiger partial charge >= 0.3 is 0 Å². The lowest BCUT2D eigenvalue weighted by molar-refractivity contribution is 0.173. The Morgan fingerprint density at radius 3 is 2.67 bits per heavy atom. The molecular formula is C14H22ClNO2. The molecule has 1 atom stereocenters. The van der Waals surface area contributed by atoms with Crippen LogP contribution < -0.4 is 10.1 Å². The van der Waals surface area contributed by atoms with Crippen LogP contribution in [0.4, 0.5) is 0 Å². The van der Waals surface area contributed by atoms with Crippen molar-refractivity contribution >= 4 is 11.6 Å². The molecular weight excluding hydrogens is 250 g/mol. The molecule has 102 valence electrons. The highest BCUT2D eigenvalue weighted by Gasteiger charge is 2.10. The Morgan fingerprint density at radius 1 is 1.33 bits per heavy atom. The third-order valence-corrected chi connectivity index (χ3v) is 2.87. The van der Waals surface area contributed by atoms with Gasteiger partial charge in [0.25, 0.3) is 0 Å². The van der Waals surface area contributed by atoms with Gasteiger partial charge < -0.3 is 15.2 Å². The largest absolute Gasteiger partial charge is 0.491 e. The topological polar surface area (TPSA) is 41.5 Å². The van der Waals surface area contributed by atoms with Gasteiger partial charge in [0, 0.05) is 30.7 Å². The van der Waals surface area contributed by atoms with E-state index < -0.39 is 0 Å². The maximum Gasteiger partial charge on any atom is 0.142 e. The number of aliphatic hydroxyl groups is 1. The van der Waals surface area contributed by atoms with Crippen molar-refractivity contribution in [2.45, 2.75) is 33.4 Å². The van der Waals surface area contributed by atoms with Gasteiger partial charge in [-0.05, 0) is 6.07 Å². The van der Waals surface area contributed by atoms with E-state index in [1.54, 1.807) is 0 Å². The zero-order valence-corrected chi connectivity index (χ0v) is 12.0. The minimum absolute atomic E-state index is 0.104. The van der Waals surface area contributed by atoms with Crippen molar-refractivity contribution in [1.29, 1.82) is 0 Å². The molecule has 0 saturated carbocycles. The summed E-state index contributed by atoms with van der Waals surface area (Å²) in [5.41, 5.74) is 1.04. The molecule has 0 aliphatic rings. The molecule has 0 aromatic heterocycles. The van der Waals surface area contributed by atoms with Gasteiger partial charge in [-0.3, -0.25) is 0 Å². The first-order chi connectivity index (χ1) is 8.54. The van der Waals surface area contributed by atoms with Crippen LogP contribution >= 0.6 is 11.6 Å². The second kappa shape index (κ2) is 7.62. The van der Waals surface area contributed by atoms with Crippen molar-refractivity contribution in [3.8, 4) is 5.75 Å². The molecule has 4 heteroatoms. The smallest absolute Gasteiger partial charge is 0.142 e. The Morgan fingerprint density at radius 2 is 2.06 bits per heavy atom. The summed E-state index contributed by atoms with van der Waals surface area (Å²) >= 11 is 6.16. The van der Waals surface area contributed by atoms with Gasteiger partial charge in [-0.25, -0.2) is 0 Å². The molecule has 1 unspecified atom stereocenters. The zero-order chi connectivity index (χ0) is 13.5. The maximum absolute atomic E-state index is 9.00. The number of hydrogen-bond acceptors (Lipinski definition) is 3. The molecule has 0 spiro atoms. The number of nitrogens with one attached hydrogen (secondary N) is 1. The Balaban J connectivity index is 2.73. The standard InChI is InChI=1S/C14H22ClNO2/c1-10(2)16-7-12-5-4-6-13(15)14(12)18-9-11(3)8-17/h4-6,10-11,16-17H,7-9H2,1-3H3. The lowest BCUT2D eigenvalue weighted by atomic mass is 10.2. The average molecular weight is 272 g/mol. The molecule has 0 aliphatic heterocycles. The van der Waals surface area contributed by atoms with E-state index in [1.165, 1.54) is 0 Å². The van der Waals surface area contributed by atoms with E-state index in [2.05, 4.69) is 19.2 Å². The first-order valence-electron chi connectivity index (χ1n) is 6.29. The predicted molar refractivity (Wildman–Crippen MR) is 75.2 cm³/mol. The van der Waals surface area contributed by atoms with Gasteiger partial charge in [0.2, 0.25) is 0 Å². The molecule has 0 fully saturated rings. The lowest BCUT2D eigenvalue weighted by Crippen LogP contribution is -2.22. The van der Waals surface area contributed by atoms with Crippen LogP contribution in [0.5, 0.6) is 5.75 Å². The number of hydrogen-bond donors (Lipinski definition) is 2. The van der Waals surface area contributed by atoms with Gasteiger partial charge in [-0.2, -0.15) is 0 Å². The van der Waals surface area contributed by atoms with Crippen molar-refractivity contribution in [2.75, 3.05) is 13.2 Å². The Kier molecular flexibility index (Phi) is 6.47.